The summed E-state index contributed by atoms with van der Waals surface area (Å²) in [6.45, 7) is -0.139. The molecule has 0 saturated carbocycles. The molecule has 2 rings (SSSR count). The van der Waals surface area contributed by atoms with E-state index in [1.54, 1.807) is 24.3 Å². The normalized spacial score (nSPS) is 9.71. The van der Waals surface area contributed by atoms with Gasteiger partial charge in [0.05, 0.1) is 11.6 Å². The van der Waals surface area contributed by atoms with Crippen LogP contribution in [0.5, 0.6) is 5.75 Å². The van der Waals surface area contributed by atoms with Crippen molar-refractivity contribution in [2.24, 2.45) is 0 Å². The van der Waals surface area contributed by atoms with E-state index in [0.29, 0.717) is 16.9 Å². The van der Waals surface area contributed by atoms with E-state index in [2.05, 4.69) is 16.0 Å². The summed E-state index contributed by atoms with van der Waals surface area (Å²) < 4.78 is 5.44. The van der Waals surface area contributed by atoms with Crippen LogP contribution in [0.2, 0.25) is 0 Å². The van der Waals surface area contributed by atoms with Gasteiger partial charge in [-0.1, -0.05) is 12.1 Å². The number of amides is 3. The van der Waals surface area contributed by atoms with Crippen molar-refractivity contribution < 1.29 is 24.2 Å². The Labute approximate surface area is 160 Å². The van der Waals surface area contributed by atoms with E-state index in [9.17, 15) is 14.4 Å². The van der Waals surface area contributed by atoms with E-state index in [-0.39, 0.29) is 30.3 Å². The highest BCUT2D eigenvalue weighted by molar-refractivity contribution is 5.96. The second-order valence-corrected chi connectivity index (χ2v) is 5.59. The number of anilines is 1. The van der Waals surface area contributed by atoms with Crippen molar-refractivity contribution in [3.8, 4) is 11.8 Å². The van der Waals surface area contributed by atoms with Gasteiger partial charge in [-0.25, -0.2) is 4.79 Å². The fraction of sp³-hybridized carbons (Fsp3) is 0.158. The third kappa shape index (κ3) is 5.74. The number of likely N-dealkylation sites (N-methyl/N-ethyl adjacent to an activating group) is 1. The molecule has 0 spiro atoms. The number of carbonyl (C=O) groups is 3. The first kappa shape index (κ1) is 20.3. The van der Waals surface area contributed by atoms with Crippen molar-refractivity contribution in [1.29, 1.82) is 5.26 Å². The van der Waals surface area contributed by atoms with Crippen LogP contribution >= 0.6 is 0 Å². The number of nitrogens with zero attached hydrogens (tertiary/aromatic N) is 1. The molecule has 2 aromatic rings. The fourth-order valence-electron chi connectivity index (χ4n) is 2.26. The van der Waals surface area contributed by atoms with Gasteiger partial charge in [-0.05, 0) is 30.3 Å². The minimum Gasteiger partial charge on any atom is -0.483 e. The number of ether oxygens (including phenoxy) is 1. The Kier molecular flexibility index (Phi) is 6.93. The highest BCUT2D eigenvalue weighted by Gasteiger charge is 2.11. The Bertz CT molecular complexity index is 936. The van der Waals surface area contributed by atoms with Crippen LogP contribution in [0.4, 0.5) is 10.5 Å². The Morgan fingerprint density at radius 2 is 1.96 bits per heavy atom. The van der Waals surface area contributed by atoms with E-state index in [4.69, 9.17) is 15.1 Å². The standard InChI is InChI=1S/C19H18N4O5/c1-21-17(24)11-28-16-7-12(9-20)5-6-14(16)10-22-18(25)13-3-2-4-15(8-13)23-19(26)27/h2-8,23H,10-11H2,1H3,(H,21,24)(H,22,25)(H,26,27). The fourth-order valence-corrected chi connectivity index (χ4v) is 2.26. The average Bonchev–Trinajstić information content (AvgIpc) is 2.70. The SMILES string of the molecule is CNC(=O)COc1cc(C#N)ccc1CNC(=O)c1cccc(NC(=O)O)c1. The first-order valence-corrected chi connectivity index (χ1v) is 8.17. The molecular formula is C19H18N4O5. The number of nitrogens with one attached hydrogen (secondary N) is 3. The predicted molar refractivity (Wildman–Crippen MR) is 100.0 cm³/mol. The van der Waals surface area contributed by atoms with Crippen molar-refractivity contribution >= 4 is 23.6 Å². The molecular weight excluding hydrogens is 364 g/mol. The minimum atomic E-state index is -1.23. The van der Waals surface area contributed by atoms with Gasteiger partial charge in [-0.15, -0.1) is 0 Å². The third-order valence-corrected chi connectivity index (χ3v) is 3.65. The number of nitriles is 1. The maximum Gasteiger partial charge on any atom is 0.409 e. The topological polar surface area (TPSA) is 141 Å². The lowest BCUT2D eigenvalue weighted by Crippen LogP contribution is -2.26. The van der Waals surface area contributed by atoms with E-state index < -0.39 is 12.0 Å². The number of carboxylic acid groups (broad SMARTS) is 1. The number of benzene rings is 2. The summed E-state index contributed by atoms with van der Waals surface area (Å²) in [7, 11) is 1.48. The number of hydrogen-bond donors (Lipinski definition) is 4. The van der Waals surface area contributed by atoms with Gasteiger partial charge in [0.25, 0.3) is 11.8 Å². The molecule has 0 aromatic heterocycles. The lowest BCUT2D eigenvalue weighted by atomic mass is 10.1. The number of rotatable bonds is 7. The molecule has 0 unspecified atom stereocenters. The Morgan fingerprint density at radius 3 is 2.64 bits per heavy atom. The van der Waals surface area contributed by atoms with Gasteiger partial charge >= 0.3 is 6.09 Å². The Morgan fingerprint density at radius 1 is 1.18 bits per heavy atom. The molecule has 0 heterocycles. The molecule has 0 atom stereocenters. The van der Waals surface area contributed by atoms with Crippen LogP contribution in [0.1, 0.15) is 21.5 Å². The van der Waals surface area contributed by atoms with E-state index in [1.807, 2.05) is 6.07 Å². The second kappa shape index (κ2) is 9.59. The smallest absolute Gasteiger partial charge is 0.409 e. The maximum absolute atomic E-state index is 12.4. The van der Waals surface area contributed by atoms with E-state index in [0.717, 1.165) is 0 Å². The van der Waals surface area contributed by atoms with Crippen LogP contribution < -0.4 is 20.7 Å². The maximum atomic E-state index is 12.4. The van der Waals surface area contributed by atoms with Crippen molar-refractivity contribution in [2.75, 3.05) is 19.0 Å². The molecule has 0 aliphatic heterocycles. The lowest BCUT2D eigenvalue weighted by molar-refractivity contribution is -0.122. The van der Waals surface area contributed by atoms with Crippen LogP contribution in [-0.4, -0.2) is 36.7 Å². The Hall–Kier alpha value is -4.06. The lowest BCUT2D eigenvalue weighted by Gasteiger charge is -2.13. The summed E-state index contributed by atoms with van der Waals surface area (Å²) in [6.07, 6.45) is -1.23. The molecule has 9 heteroatoms. The zero-order valence-electron chi connectivity index (χ0n) is 15.0. The van der Waals surface area contributed by atoms with E-state index >= 15 is 0 Å². The summed E-state index contributed by atoms with van der Waals surface area (Å²) in [5.74, 6) is -0.444. The largest absolute Gasteiger partial charge is 0.483 e. The van der Waals surface area contributed by atoms with Crippen LogP contribution in [-0.2, 0) is 11.3 Å². The summed E-state index contributed by atoms with van der Waals surface area (Å²) in [4.78, 5) is 34.5. The molecule has 144 valence electrons. The molecule has 0 bridgehead atoms. The van der Waals surface area contributed by atoms with Gasteiger partial charge in [0, 0.05) is 30.4 Å². The van der Waals surface area contributed by atoms with Gasteiger partial charge < -0.3 is 20.5 Å². The highest BCUT2D eigenvalue weighted by Crippen LogP contribution is 2.21. The van der Waals surface area contributed by atoms with Crippen molar-refractivity contribution in [3.63, 3.8) is 0 Å². The van der Waals surface area contributed by atoms with Crippen molar-refractivity contribution in [3.05, 3.63) is 59.2 Å². The summed E-state index contributed by atoms with van der Waals surface area (Å²) in [6, 6.07) is 12.7. The zero-order chi connectivity index (χ0) is 20.5. The van der Waals surface area contributed by atoms with E-state index in [1.165, 1.54) is 25.2 Å². The molecule has 0 aliphatic rings. The molecule has 2 aromatic carbocycles. The first-order valence-electron chi connectivity index (χ1n) is 8.17. The van der Waals surface area contributed by atoms with Crippen molar-refractivity contribution in [1.82, 2.24) is 10.6 Å². The van der Waals surface area contributed by atoms with Gasteiger partial charge in [-0.2, -0.15) is 5.26 Å². The van der Waals surface area contributed by atoms with Crippen molar-refractivity contribution in [2.45, 2.75) is 6.54 Å². The van der Waals surface area contributed by atoms with Gasteiger partial charge in [0.15, 0.2) is 6.61 Å². The summed E-state index contributed by atoms with van der Waals surface area (Å²) in [5, 5.41) is 25.1. The average molecular weight is 382 g/mol. The van der Waals surface area contributed by atoms with Gasteiger partial charge in [-0.3, -0.25) is 14.9 Å². The summed E-state index contributed by atoms with van der Waals surface area (Å²) in [5.41, 5.74) is 1.48. The van der Waals surface area contributed by atoms with Crippen LogP contribution in [0, 0.1) is 11.3 Å². The quantitative estimate of drug-likeness (QED) is 0.574. The molecule has 9 nitrogen and oxygen atoms in total. The Balaban J connectivity index is 2.10. The molecule has 4 N–H and O–H groups in total. The first-order chi connectivity index (χ1) is 13.4. The third-order valence-electron chi connectivity index (χ3n) is 3.65. The molecule has 0 radical (unpaired) electrons. The molecule has 0 saturated heterocycles. The highest BCUT2D eigenvalue weighted by atomic mass is 16.5. The molecule has 0 aliphatic carbocycles. The van der Waals surface area contributed by atoms with Crippen LogP contribution in [0.3, 0.4) is 0 Å². The molecule has 3 amide bonds. The van der Waals surface area contributed by atoms with Gasteiger partial charge in [0.1, 0.15) is 5.75 Å². The monoisotopic (exact) mass is 382 g/mol. The zero-order valence-corrected chi connectivity index (χ0v) is 15.0. The number of hydrogen-bond acceptors (Lipinski definition) is 5. The predicted octanol–water partition coefficient (Wildman–Crippen LogP) is 1.70. The van der Waals surface area contributed by atoms with Crippen LogP contribution in [0.15, 0.2) is 42.5 Å². The van der Waals surface area contributed by atoms with Crippen LogP contribution in [0.25, 0.3) is 0 Å². The number of carbonyl (C=O) groups excluding carboxylic acids is 2. The minimum absolute atomic E-state index is 0.0875. The molecule has 28 heavy (non-hydrogen) atoms. The van der Waals surface area contributed by atoms with Gasteiger partial charge in [0.2, 0.25) is 0 Å². The second-order valence-electron chi connectivity index (χ2n) is 5.59. The molecule has 0 fully saturated rings. The summed E-state index contributed by atoms with van der Waals surface area (Å²) >= 11 is 0.